The van der Waals surface area contributed by atoms with Crippen LogP contribution in [0.3, 0.4) is 0 Å². The summed E-state index contributed by atoms with van der Waals surface area (Å²) in [5.41, 5.74) is 0. The van der Waals surface area contributed by atoms with Crippen LogP contribution in [0, 0.1) is 17.8 Å². The number of fused-ring (bicyclic) bond motifs is 3. The molecule has 1 spiro atoms. The fourth-order valence-electron chi connectivity index (χ4n) is 3.62. The SMILES string of the molecule is COC(=O)C1[C@@H]2CC[C@H]1C1(C2)OCCO1. The highest BCUT2D eigenvalue weighted by atomic mass is 16.7. The molecule has 2 aliphatic carbocycles. The molecule has 1 heterocycles. The molecule has 1 unspecified atom stereocenters. The molecule has 0 aromatic rings. The molecule has 2 bridgehead atoms. The van der Waals surface area contributed by atoms with E-state index < -0.39 is 5.79 Å². The lowest BCUT2D eigenvalue weighted by Crippen LogP contribution is -2.38. The molecule has 1 aliphatic heterocycles. The lowest BCUT2D eigenvalue weighted by Gasteiger charge is -2.31. The van der Waals surface area contributed by atoms with Gasteiger partial charge in [-0.15, -0.1) is 0 Å². The number of carbonyl (C=O) groups excluding carboxylic acids is 1. The molecule has 84 valence electrons. The van der Waals surface area contributed by atoms with E-state index in [0.29, 0.717) is 19.1 Å². The monoisotopic (exact) mass is 212 g/mol. The molecule has 0 aromatic heterocycles. The van der Waals surface area contributed by atoms with Crippen LogP contribution in [-0.4, -0.2) is 32.1 Å². The number of methoxy groups -OCH3 is 1. The van der Waals surface area contributed by atoms with Crippen LogP contribution in [0.1, 0.15) is 19.3 Å². The number of rotatable bonds is 1. The molecular formula is C11H16O4. The normalized spacial score (nSPS) is 41.3. The largest absolute Gasteiger partial charge is 0.469 e. The zero-order valence-electron chi connectivity index (χ0n) is 8.90. The maximum absolute atomic E-state index is 11.7. The quantitative estimate of drug-likeness (QED) is 0.607. The number of hydrogen-bond acceptors (Lipinski definition) is 4. The Hall–Kier alpha value is -0.610. The number of hydrogen-bond donors (Lipinski definition) is 0. The second kappa shape index (κ2) is 3.19. The third kappa shape index (κ3) is 1.18. The van der Waals surface area contributed by atoms with Gasteiger partial charge in [-0.05, 0) is 18.8 Å². The van der Waals surface area contributed by atoms with Gasteiger partial charge in [0.1, 0.15) is 0 Å². The molecule has 3 fully saturated rings. The number of ether oxygens (including phenoxy) is 3. The smallest absolute Gasteiger partial charge is 0.309 e. The average molecular weight is 212 g/mol. The van der Waals surface area contributed by atoms with Gasteiger partial charge in [0.05, 0.1) is 26.2 Å². The van der Waals surface area contributed by atoms with Crippen LogP contribution in [-0.2, 0) is 19.0 Å². The Morgan fingerprint density at radius 3 is 2.73 bits per heavy atom. The highest BCUT2D eigenvalue weighted by Gasteiger charge is 2.63. The van der Waals surface area contributed by atoms with Crippen LogP contribution in [0.15, 0.2) is 0 Å². The van der Waals surface area contributed by atoms with Crippen molar-refractivity contribution in [2.45, 2.75) is 25.0 Å². The van der Waals surface area contributed by atoms with Crippen molar-refractivity contribution in [3.05, 3.63) is 0 Å². The van der Waals surface area contributed by atoms with Gasteiger partial charge in [0.25, 0.3) is 0 Å². The van der Waals surface area contributed by atoms with Crippen LogP contribution < -0.4 is 0 Å². The van der Waals surface area contributed by atoms with Gasteiger partial charge in [0, 0.05) is 12.3 Å². The first-order valence-corrected chi connectivity index (χ1v) is 5.62. The van der Waals surface area contributed by atoms with Crippen LogP contribution in [0.4, 0.5) is 0 Å². The van der Waals surface area contributed by atoms with E-state index in [2.05, 4.69) is 0 Å². The summed E-state index contributed by atoms with van der Waals surface area (Å²) in [7, 11) is 1.46. The molecule has 3 aliphatic rings. The van der Waals surface area contributed by atoms with E-state index in [1.807, 2.05) is 0 Å². The van der Waals surface area contributed by atoms with Gasteiger partial charge in [0.15, 0.2) is 5.79 Å². The molecular weight excluding hydrogens is 196 g/mol. The van der Waals surface area contributed by atoms with Crippen molar-refractivity contribution in [2.75, 3.05) is 20.3 Å². The minimum absolute atomic E-state index is 0.00750. The Balaban J connectivity index is 1.86. The molecule has 0 radical (unpaired) electrons. The fraction of sp³-hybridized carbons (Fsp3) is 0.909. The zero-order valence-corrected chi connectivity index (χ0v) is 8.90. The first kappa shape index (κ1) is 9.60. The lowest BCUT2D eigenvalue weighted by atomic mass is 9.93. The maximum atomic E-state index is 11.7. The standard InChI is InChI=1S/C11H16O4/c1-13-10(12)9-7-2-3-8(9)11(6-7)14-4-5-15-11/h7-9H,2-6H2,1H3/t7-,8-,9?/m1/s1. The first-order chi connectivity index (χ1) is 7.27. The van der Waals surface area contributed by atoms with Crippen molar-refractivity contribution >= 4 is 5.97 Å². The summed E-state index contributed by atoms with van der Waals surface area (Å²) in [5, 5.41) is 0. The van der Waals surface area contributed by atoms with Crippen molar-refractivity contribution < 1.29 is 19.0 Å². The van der Waals surface area contributed by atoms with Crippen molar-refractivity contribution in [2.24, 2.45) is 17.8 Å². The Bertz CT molecular complexity index is 282. The molecule has 15 heavy (non-hydrogen) atoms. The molecule has 4 heteroatoms. The summed E-state index contributed by atoms with van der Waals surface area (Å²) in [6, 6.07) is 0. The summed E-state index contributed by atoms with van der Waals surface area (Å²) in [4.78, 5) is 11.7. The molecule has 2 saturated carbocycles. The number of esters is 1. The van der Waals surface area contributed by atoms with Gasteiger partial charge in [-0.25, -0.2) is 0 Å². The topological polar surface area (TPSA) is 44.8 Å². The van der Waals surface area contributed by atoms with Crippen molar-refractivity contribution in [3.63, 3.8) is 0 Å². The van der Waals surface area contributed by atoms with Crippen LogP contribution in [0.2, 0.25) is 0 Å². The predicted molar refractivity (Wildman–Crippen MR) is 51.0 cm³/mol. The summed E-state index contributed by atoms with van der Waals surface area (Å²) < 4.78 is 16.3. The average Bonchev–Trinajstić information content (AvgIpc) is 2.92. The Kier molecular flexibility index (Phi) is 2.04. The first-order valence-electron chi connectivity index (χ1n) is 5.62. The molecule has 1 saturated heterocycles. The second-order valence-electron chi connectivity index (χ2n) is 4.71. The van der Waals surface area contributed by atoms with E-state index in [4.69, 9.17) is 14.2 Å². The minimum Gasteiger partial charge on any atom is -0.469 e. The van der Waals surface area contributed by atoms with Crippen molar-refractivity contribution in [1.29, 1.82) is 0 Å². The highest BCUT2D eigenvalue weighted by molar-refractivity contribution is 5.74. The van der Waals surface area contributed by atoms with Gasteiger partial charge >= 0.3 is 5.97 Å². The van der Waals surface area contributed by atoms with E-state index in [9.17, 15) is 4.79 Å². The number of carbonyl (C=O) groups is 1. The van der Waals surface area contributed by atoms with Gasteiger partial charge in [-0.3, -0.25) is 4.79 Å². The van der Waals surface area contributed by atoms with E-state index in [1.165, 1.54) is 7.11 Å². The third-order valence-corrected chi connectivity index (χ3v) is 4.15. The van der Waals surface area contributed by atoms with Crippen LogP contribution >= 0.6 is 0 Å². The third-order valence-electron chi connectivity index (χ3n) is 4.15. The van der Waals surface area contributed by atoms with Crippen molar-refractivity contribution in [1.82, 2.24) is 0 Å². The summed E-state index contributed by atoms with van der Waals surface area (Å²) >= 11 is 0. The van der Waals surface area contributed by atoms with E-state index in [0.717, 1.165) is 19.3 Å². The fourth-order valence-corrected chi connectivity index (χ4v) is 3.62. The highest BCUT2D eigenvalue weighted by Crippen LogP contribution is 2.58. The van der Waals surface area contributed by atoms with E-state index >= 15 is 0 Å². The van der Waals surface area contributed by atoms with E-state index in [-0.39, 0.29) is 17.8 Å². The van der Waals surface area contributed by atoms with Gasteiger partial charge in [-0.1, -0.05) is 0 Å². The van der Waals surface area contributed by atoms with Crippen LogP contribution in [0.25, 0.3) is 0 Å². The Morgan fingerprint density at radius 1 is 1.33 bits per heavy atom. The van der Waals surface area contributed by atoms with Gasteiger partial charge in [0.2, 0.25) is 0 Å². The Labute approximate surface area is 88.9 Å². The molecule has 4 nitrogen and oxygen atoms in total. The summed E-state index contributed by atoms with van der Waals surface area (Å²) in [6.45, 7) is 1.33. The second-order valence-corrected chi connectivity index (χ2v) is 4.71. The lowest BCUT2D eigenvalue weighted by molar-refractivity contribution is -0.195. The predicted octanol–water partition coefficient (Wildman–Crippen LogP) is 0.949. The van der Waals surface area contributed by atoms with E-state index in [1.54, 1.807) is 0 Å². The molecule has 0 amide bonds. The van der Waals surface area contributed by atoms with Crippen LogP contribution in [0.5, 0.6) is 0 Å². The van der Waals surface area contributed by atoms with Crippen molar-refractivity contribution in [3.8, 4) is 0 Å². The zero-order chi connectivity index (χ0) is 10.5. The van der Waals surface area contributed by atoms with Gasteiger partial charge < -0.3 is 14.2 Å². The minimum atomic E-state index is -0.443. The summed E-state index contributed by atoms with van der Waals surface area (Å²) in [5.74, 6) is 0.103. The maximum Gasteiger partial charge on any atom is 0.309 e. The molecule has 0 aromatic carbocycles. The molecule has 3 atom stereocenters. The summed E-state index contributed by atoms with van der Waals surface area (Å²) in [6.07, 6.45) is 3.01. The van der Waals surface area contributed by atoms with Gasteiger partial charge in [-0.2, -0.15) is 0 Å². The Morgan fingerprint density at radius 2 is 2.07 bits per heavy atom. The molecule has 0 N–H and O–H groups in total. The molecule has 3 rings (SSSR count).